The molecule has 0 aliphatic rings. The lowest BCUT2D eigenvalue weighted by atomic mass is 10.1. The maximum absolute atomic E-state index is 13.8. The Morgan fingerprint density at radius 2 is 2.13 bits per heavy atom. The molecule has 0 bridgehead atoms. The van der Waals surface area contributed by atoms with Crippen LogP contribution in [0.2, 0.25) is 0 Å². The summed E-state index contributed by atoms with van der Waals surface area (Å²) in [6.07, 6.45) is 1.76. The molecule has 0 unspecified atom stereocenters. The van der Waals surface area contributed by atoms with Gasteiger partial charge in [0.2, 0.25) is 0 Å². The lowest BCUT2D eigenvalue weighted by Crippen LogP contribution is -2.05. The highest BCUT2D eigenvalue weighted by Crippen LogP contribution is 2.22. The van der Waals surface area contributed by atoms with Crippen LogP contribution >= 0.6 is 0 Å². The number of rotatable bonds is 2. The van der Waals surface area contributed by atoms with Crippen LogP contribution in [0.15, 0.2) is 24.4 Å². The van der Waals surface area contributed by atoms with E-state index in [1.54, 1.807) is 6.07 Å². The topological polar surface area (TPSA) is 38.9 Å². The average molecular weight is 208 g/mol. The molecule has 0 spiro atoms. The summed E-state index contributed by atoms with van der Waals surface area (Å²) in [5, 5.41) is 0.209. The van der Waals surface area contributed by atoms with E-state index >= 15 is 0 Å². The predicted octanol–water partition coefficient (Wildman–Crippen LogP) is 2.01. The van der Waals surface area contributed by atoms with E-state index in [1.165, 1.54) is 12.3 Å². The van der Waals surface area contributed by atoms with Crippen LogP contribution in [0.5, 0.6) is 0 Å². The Morgan fingerprint density at radius 3 is 2.87 bits per heavy atom. The monoisotopic (exact) mass is 208 g/mol. The van der Waals surface area contributed by atoms with Crippen molar-refractivity contribution in [2.75, 3.05) is 6.54 Å². The van der Waals surface area contributed by atoms with E-state index < -0.39 is 11.6 Å². The highest BCUT2D eigenvalue weighted by Gasteiger charge is 2.11. The molecular weight excluding hydrogens is 198 g/mol. The molecule has 1 heterocycles. The second kappa shape index (κ2) is 3.90. The summed E-state index contributed by atoms with van der Waals surface area (Å²) in [6, 6.07) is 4.26. The van der Waals surface area contributed by atoms with Crippen molar-refractivity contribution in [3.63, 3.8) is 0 Å². The van der Waals surface area contributed by atoms with Crippen LogP contribution < -0.4 is 5.73 Å². The van der Waals surface area contributed by atoms with Crippen LogP contribution in [0.25, 0.3) is 10.9 Å². The summed E-state index contributed by atoms with van der Waals surface area (Å²) in [6.45, 7) is 0.294. The first-order valence-corrected chi connectivity index (χ1v) is 4.65. The molecule has 2 aromatic rings. The molecule has 15 heavy (non-hydrogen) atoms. The van der Waals surface area contributed by atoms with Gasteiger partial charge in [0.05, 0.1) is 0 Å². The van der Waals surface area contributed by atoms with Crippen molar-refractivity contribution in [1.29, 1.82) is 0 Å². The van der Waals surface area contributed by atoms with Crippen LogP contribution in [0.4, 0.5) is 8.78 Å². The molecule has 0 fully saturated rings. The third-order valence-corrected chi connectivity index (χ3v) is 2.27. The van der Waals surface area contributed by atoms with Crippen molar-refractivity contribution in [2.45, 2.75) is 6.42 Å². The Morgan fingerprint density at radius 1 is 1.33 bits per heavy atom. The second-order valence-corrected chi connectivity index (χ2v) is 3.27. The zero-order valence-corrected chi connectivity index (χ0v) is 8.00. The number of nitrogens with two attached hydrogens (primary N) is 1. The number of aromatic nitrogens is 1. The Labute approximate surface area is 85.7 Å². The molecule has 1 aromatic heterocycles. The number of fused-ring (bicyclic) bond motifs is 1. The summed E-state index contributed by atoms with van der Waals surface area (Å²) in [7, 11) is 0. The molecule has 0 atom stereocenters. The molecule has 0 saturated carbocycles. The summed E-state index contributed by atoms with van der Waals surface area (Å²) >= 11 is 0. The van der Waals surface area contributed by atoms with Gasteiger partial charge < -0.3 is 5.73 Å². The zero-order valence-electron chi connectivity index (χ0n) is 8.00. The van der Waals surface area contributed by atoms with E-state index in [0.29, 0.717) is 18.5 Å². The van der Waals surface area contributed by atoms with Crippen LogP contribution in [0.3, 0.4) is 0 Å². The molecular formula is C11H10F2N2. The quantitative estimate of drug-likeness (QED) is 0.819. The Kier molecular flexibility index (Phi) is 2.60. The molecule has 0 saturated heterocycles. The highest BCUT2D eigenvalue weighted by molar-refractivity contribution is 5.80. The number of hydrogen-bond acceptors (Lipinski definition) is 2. The number of nitrogens with zero attached hydrogens (tertiary/aromatic N) is 1. The summed E-state index contributed by atoms with van der Waals surface area (Å²) in [4.78, 5) is 3.80. The maximum atomic E-state index is 13.8. The van der Waals surface area contributed by atoms with E-state index in [2.05, 4.69) is 4.98 Å². The maximum Gasteiger partial charge on any atom is 0.149 e. The summed E-state index contributed by atoms with van der Waals surface area (Å²) in [5.41, 5.74) is 5.69. The van der Waals surface area contributed by atoms with Gasteiger partial charge in [-0.15, -0.1) is 0 Å². The number of benzene rings is 1. The molecule has 0 aliphatic heterocycles. The van der Waals surface area contributed by atoms with E-state index in [9.17, 15) is 8.78 Å². The van der Waals surface area contributed by atoms with Crippen molar-refractivity contribution in [3.05, 3.63) is 41.6 Å². The molecule has 2 N–H and O–H groups in total. The van der Waals surface area contributed by atoms with E-state index in [-0.39, 0.29) is 10.9 Å². The number of halogens is 2. The SMILES string of the molecule is NCCc1cc(F)c2ncccc2c1F. The minimum Gasteiger partial charge on any atom is -0.330 e. The van der Waals surface area contributed by atoms with Gasteiger partial charge in [-0.2, -0.15) is 0 Å². The molecule has 0 amide bonds. The third-order valence-electron chi connectivity index (χ3n) is 2.27. The van der Waals surface area contributed by atoms with Gasteiger partial charge in [-0.25, -0.2) is 8.78 Å². The van der Waals surface area contributed by atoms with Crippen LogP contribution in [0.1, 0.15) is 5.56 Å². The first-order chi connectivity index (χ1) is 7.24. The van der Waals surface area contributed by atoms with Gasteiger partial charge in [0, 0.05) is 11.6 Å². The van der Waals surface area contributed by atoms with Crippen molar-refractivity contribution in [1.82, 2.24) is 4.98 Å². The lowest BCUT2D eigenvalue weighted by Gasteiger charge is -2.05. The number of hydrogen-bond donors (Lipinski definition) is 1. The van der Waals surface area contributed by atoms with Crippen molar-refractivity contribution in [3.8, 4) is 0 Å². The van der Waals surface area contributed by atoms with Gasteiger partial charge in [-0.3, -0.25) is 4.98 Å². The van der Waals surface area contributed by atoms with Gasteiger partial charge in [0.1, 0.15) is 17.2 Å². The minimum absolute atomic E-state index is 0.0655. The standard InChI is InChI=1S/C11H10F2N2/c12-9-6-7(3-4-14)10(13)8-2-1-5-15-11(8)9/h1-2,5-6H,3-4,14H2. The minimum atomic E-state index is -0.504. The largest absolute Gasteiger partial charge is 0.330 e. The fourth-order valence-electron chi connectivity index (χ4n) is 1.57. The molecule has 1 aromatic carbocycles. The van der Waals surface area contributed by atoms with Crippen LogP contribution in [-0.2, 0) is 6.42 Å². The Hall–Kier alpha value is -1.55. The summed E-state index contributed by atoms with van der Waals surface area (Å²) in [5.74, 6) is -0.930. The first-order valence-electron chi connectivity index (χ1n) is 4.65. The molecule has 2 rings (SSSR count). The smallest absolute Gasteiger partial charge is 0.149 e. The van der Waals surface area contributed by atoms with Gasteiger partial charge in [0.25, 0.3) is 0 Å². The predicted molar refractivity (Wildman–Crippen MR) is 54.4 cm³/mol. The Balaban J connectivity index is 2.72. The van der Waals surface area contributed by atoms with Gasteiger partial charge in [-0.1, -0.05) is 0 Å². The first kappa shape index (κ1) is 9.98. The van der Waals surface area contributed by atoms with Gasteiger partial charge in [0.15, 0.2) is 0 Å². The molecule has 78 valence electrons. The number of pyridine rings is 1. The average Bonchev–Trinajstić information content (AvgIpc) is 2.26. The van der Waals surface area contributed by atoms with E-state index in [0.717, 1.165) is 6.07 Å². The van der Waals surface area contributed by atoms with E-state index in [1.807, 2.05) is 0 Å². The van der Waals surface area contributed by atoms with Crippen molar-refractivity contribution in [2.24, 2.45) is 5.73 Å². The van der Waals surface area contributed by atoms with Gasteiger partial charge >= 0.3 is 0 Å². The van der Waals surface area contributed by atoms with Crippen molar-refractivity contribution >= 4 is 10.9 Å². The lowest BCUT2D eigenvalue weighted by molar-refractivity contribution is 0.600. The zero-order chi connectivity index (χ0) is 10.8. The van der Waals surface area contributed by atoms with Gasteiger partial charge in [-0.05, 0) is 36.7 Å². The third kappa shape index (κ3) is 1.68. The molecule has 0 radical (unpaired) electrons. The van der Waals surface area contributed by atoms with E-state index in [4.69, 9.17) is 5.73 Å². The van der Waals surface area contributed by atoms with Crippen LogP contribution in [0, 0.1) is 11.6 Å². The molecule has 4 heteroatoms. The second-order valence-electron chi connectivity index (χ2n) is 3.27. The van der Waals surface area contributed by atoms with Crippen LogP contribution in [-0.4, -0.2) is 11.5 Å². The highest BCUT2D eigenvalue weighted by atomic mass is 19.1. The molecule has 0 aliphatic carbocycles. The fraction of sp³-hybridized carbons (Fsp3) is 0.182. The fourth-order valence-corrected chi connectivity index (χ4v) is 1.57. The normalized spacial score (nSPS) is 10.9. The Bertz CT molecular complexity index is 497. The molecule has 2 nitrogen and oxygen atoms in total. The van der Waals surface area contributed by atoms with Crippen molar-refractivity contribution < 1.29 is 8.78 Å². The summed E-state index contributed by atoms with van der Waals surface area (Å²) < 4.78 is 27.3.